The van der Waals surface area contributed by atoms with Gasteiger partial charge in [0.1, 0.15) is 0 Å². The molecular formula is C17H29BrN2. The van der Waals surface area contributed by atoms with Gasteiger partial charge in [-0.05, 0) is 63.5 Å². The second kappa shape index (κ2) is 9.54. The number of hydrogen-bond donors (Lipinski definition) is 1. The quantitative estimate of drug-likeness (QED) is 0.674. The van der Waals surface area contributed by atoms with Crippen molar-refractivity contribution in [1.82, 2.24) is 10.2 Å². The minimum atomic E-state index is 0.625. The zero-order valence-corrected chi connectivity index (χ0v) is 14.9. The van der Waals surface area contributed by atoms with Crippen LogP contribution in [0.15, 0.2) is 28.7 Å². The van der Waals surface area contributed by atoms with Crippen LogP contribution in [-0.4, -0.2) is 31.1 Å². The number of nitrogens with zero attached hydrogens (tertiary/aromatic N) is 1. The molecule has 0 aliphatic carbocycles. The van der Waals surface area contributed by atoms with Crippen molar-refractivity contribution in [2.45, 2.75) is 46.2 Å². The maximum atomic E-state index is 3.51. The summed E-state index contributed by atoms with van der Waals surface area (Å²) >= 11 is 3.48. The highest BCUT2D eigenvalue weighted by Crippen LogP contribution is 2.14. The molecule has 0 bridgehead atoms. The van der Waals surface area contributed by atoms with E-state index in [1.165, 1.54) is 18.4 Å². The lowest BCUT2D eigenvalue weighted by atomic mass is 10.1. The average Bonchev–Trinajstić information content (AvgIpc) is 2.40. The molecule has 1 aromatic carbocycles. The van der Waals surface area contributed by atoms with E-state index in [1.54, 1.807) is 0 Å². The Bertz CT molecular complexity index is 362. The highest BCUT2D eigenvalue weighted by Gasteiger charge is 2.09. The second-order valence-electron chi connectivity index (χ2n) is 6.13. The van der Waals surface area contributed by atoms with Gasteiger partial charge in [-0.25, -0.2) is 0 Å². The fraction of sp³-hybridized carbons (Fsp3) is 0.647. The summed E-state index contributed by atoms with van der Waals surface area (Å²) in [6.45, 7) is 10.1. The number of halogens is 1. The molecule has 0 spiro atoms. The second-order valence-corrected chi connectivity index (χ2v) is 7.05. The van der Waals surface area contributed by atoms with Crippen LogP contribution in [0.5, 0.6) is 0 Å². The van der Waals surface area contributed by atoms with E-state index >= 15 is 0 Å². The maximum Gasteiger partial charge on any atom is 0.0233 e. The van der Waals surface area contributed by atoms with Crippen LogP contribution in [0.2, 0.25) is 0 Å². The Morgan fingerprint density at radius 2 is 1.80 bits per heavy atom. The molecule has 0 fully saturated rings. The fourth-order valence-electron chi connectivity index (χ4n) is 2.17. The summed E-state index contributed by atoms with van der Waals surface area (Å²) in [6, 6.07) is 9.24. The summed E-state index contributed by atoms with van der Waals surface area (Å²) in [5.74, 6) is 0.743. The first kappa shape index (κ1) is 17.7. The Labute approximate surface area is 133 Å². The van der Waals surface area contributed by atoms with Crippen LogP contribution < -0.4 is 5.32 Å². The largest absolute Gasteiger partial charge is 0.316 e. The first-order chi connectivity index (χ1) is 9.49. The molecule has 0 aliphatic heterocycles. The molecule has 20 heavy (non-hydrogen) atoms. The van der Waals surface area contributed by atoms with Gasteiger partial charge in [0.05, 0.1) is 0 Å². The van der Waals surface area contributed by atoms with Crippen LogP contribution in [0.1, 0.15) is 39.2 Å². The van der Waals surface area contributed by atoms with E-state index in [-0.39, 0.29) is 0 Å². The monoisotopic (exact) mass is 340 g/mol. The molecule has 0 aliphatic rings. The third-order valence-corrected chi connectivity index (χ3v) is 4.15. The van der Waals surface area contributed by atoms with Crippen LogP contribution in [0, 0.1) is 5.92 Å². The van der Waals surface area contributed by atoms with Crippen LogP contribution in [0.4, 0.5) is 0 Å². The Hall–Kier alpha value is -0.380. The molecule has 0 radical (unpaired) electrons. The first-order valence-corrected chi connectivity index (χ1v) is 8.43. The van der Waals surface area contributed by atoms with E-state index in [0.717, 1.165) is 30.0 Å². The predicted octanol–water partition coefficient (Wildman–Crippen LogP) is 4.30. The van der Waals surface area contributed by atoms with E-state index in [0.29, 0.717) is 6.04 Å². The lowest BCUT2D eigenvalue weighted by molar-refractivity contribution is 0.234. The third-order valence-electron chi connectivity index (χ3n) is 3.63. The maximum absolute atomic E-state index is 3.51. The van der Waals surface area contributed by atoms with Gasteiger partial charge in [-0.15, -0.1) is 0 Å². The number of hydrogen-bond acceptors (Lipinski definition) is 2. The van der Waals surface area contributed by atoms with Gasteiger partial charge in [-0.3, -0.25) is 4.90 Å². The van der Waals surface area contributed by atoms with Gasteiger partial charge < -0.3 is 5.32 Å². The molecule has 3 heteroatoms. The van der Waals surface area contributed by atoms with E-state index in [4.69, 9.17) is 0 Å². The van der Waals surface area contributed by atoms with E-state index in [9.17, 15) is 0 Å². The summed E-state index contributed by atoms with van der Waals surface area (Å²) in [5.41, 5.74) is 1.38. The summed E-state index contributed by atoms with van der Waals surface area (Å²) < 4.78 is 1.15. The van der Waals surface area contributed by atoms with Crippen LogP contribution in [-0.2, 0) is 6.54 Å². The van der Waals surface area contributed by atoms with Gasteiger partial charge in [-0.2, -0.15) is 0 Å². The van der Waals surface area contributed by atoms with Crippen molar-refractivity contribution in [2.75, 3.05) is 20.1 Å². The number of nitrogens with one attached hydrogen (secondary N) is 1. The van der Waals surface area contributed by atoms with Crippen molar-refractivity contribution in [2.24, 2.45) is 5.92 Å². The molecule has 0 aromatic heterocycles. The summed E-state index contributed by atoms with van der Waals surface area (Å²) in [4.78, 5) is 2.44. The van der Waals surface area contributed by atoms with Gasteiger partial charge >= 0.3 is 0 Å². The van der Waals surface area contributed by atoms with Crippen LogP contribution in [0.25, 0.3) is 0 Å². The molecule has 0 amide bonds. The summed E-state index contributed by atoms with van der Waals surface area (Å²) in [6.07, 6.45) is 2.50. The van der Waals surface area contributed by atoms with Crippen molar-refractivity contribution in [1.29, 1.82) is 0 Å². The molecule has 114 valence electrons. The molecule has 0 saturated carbocycles. The van der Waals surface area contributed by atoms with Gasteiger partial charge in [0.15, 0.2) is 0 Å². The topological polar surface area (TPSA) is 15.3 Å². The summed E-state index contributed by atoms with van der Waals surface area (Å²) in [7, 11) is 2.22. The lowest BCUT2D eigenvalue weighted by Crippen LogP contribution is -2.30. The van der Waals surface area contributed by atoms with Gasteiger partial charge in [0.25, 0.3) is 0 Å². The molecule has 1 atom stereocenters. The first-order valence-electron chi connectivity index (χ1n) is 7.64. The van der Waals surface area contributed by atoms with E-state index in [2.05, 4.69) is 78.2 Å². The molecule has 1 rings (SSSR count). The third kappa shape index (κ3) is 7.41. The van der Waals surface area contributed by atoms with Crippen LogP contribution in [0.3, 0.4) is 0 Å². The minimum absolute atomic E-state index is 0.625. The van der Waals surface area contributed by atoms with Crippen molar-refractivity contribution < 1.29 is 0 Å². The molecule has 2 nitrogen and oxygen atoms in total. The normalized spacial score (nSPS) is 13.2. The van der Waals surface area contributed by atoms with Crippen molar-refractivity contribution in [3.05, 3.63) is 34.3 Å². The SMILES string of the molecule is CC(C)CNCCCC(C)N(C)Cc1ccc(Br)cc1. The Morgan fingerprint density at radius 1 is 1.15 bits per heavy atom. The zero-order valence-electron chi connectivity index (χ0n) is 13.3. The zero-order chi connectivity index (χ0) is 15.0. The Balaban J connectivity index is 2.21. The van der Waals surface area contributed by atoms with Gasteiger partial charge in [-0.1, -0.05) is 41.9 Å². The number of rotatable bonds is 9. The minimum Gasteiger partial charge on any atom is -0.316 e. The van der Waals surface area contributed by atoms with Gasteiger partial charge in [0, 0.05) is 17.1 Å². The Kier molecular flexibility index (Phi) is 8.43. The van der Waals surface area contributed by atoms with Crippen molar-refractivity contribution in [3.8, 4) is 0 Å². The summed E-state index contributed by atoms with van der Waals surface area (Å²) in [5, 5.41) is 3.51. The highest BCUT2D eigenvalue weighted by atomic mass is 79.9. The molecular weight excluding hydrogens is 312 g/mol. The van der Waals surface area contributed by atoms with E-state index < -0.39 is 0 Å². The van der Waals surface area contributed by atoms with Crippen LogP contribution >= 0.6 is 15.9 Å². The Morgan fingerprint density at radius 3 is 2.40 bits per heavy atom. The van der Waals surface area contributed by atoms with Gasteiger partial charge in [0.2, 0.25) is 0 Å². The van der Waals surface area contributed by atoms with E-state index in [1.807, 2.05) is 0 Å². The lowest BCUT2D eigenvalue weighted by Gasteiger charge is -2.25. The average molecular weight is 341 g/mol. The van der Waals surface area contributed by atoms with Crippen molar-refractivity contribution >= 4 is 15.9 Å². The highest BCUT2D eigenvalue weighted by molar-refractivity contribution is 9.10. The molecule has 1 aromatic rings. The molecule has 1 unspecified atom stereocenters. The van der Waals surface area contributed by atoms with Crippen molar-refractivity contribution in [3.63, 3.8) is 0 Å². The smallest absolute Gasteiger partial charge is 0.0233 e. The predicted molar refractivity (Wildman–Crippen MR) is 92.0 cm³/mol. The fourth-order valence-corrected chi connectivity index (χ4v) is 2.43. The molecule has 0 heterocycles. The standard InChI is InChI=1S/C17H29BrN2/c1-14(2)12-19-11-5-6-15(3)20(4)13-16-7-9-17(18)10-8-16/h7-10,14-15,19H,5-6,11-13H2,1-4H3. The molecule has 1 N–H and O–H groups in total. The molecule has 0 saturated heterocycles. The number of benzene rings is 1.